The molecule has 0 bridgehead atoms. The predicted molar refractivity (Wildman–Crippen MR) is 52.2 cm³/mol. The number of hydrogen-bond acceptors (Lipinski definition) is 2. The molecule has 0 amide bonds. The standard InChI is InChI=1S/C8H10ClNS/c9-7-4-2-1-3-6(7)8(11)5-10/h1-4,8,11H,5,10H2. The lowest BCUT2D eigenvalue weighted by atomic mass is 10.1. The van der Waals surface area contributed by atoms with Gasteiger partial charge in [0.2, 0.25) is 0 Å². The molecule has 0 radical (unpaired) electrons. The topological polar surface area (TPSA) is 26.0 Å². The van der Waals surface area contributed by atoms with E-state index in [2.05, 4.69) is 12.6 Å². The fraction of sp³-hybridized carbons (Fsp3) is 0.250. The van der Waals surface area contributed by atoms with E-state index in [-0.39, 0.29) is 5.25 Å². The molecule has 60 valence electrons. The summed E-state index contributed by atoms with van der Waals surface area (Å²) in [7, 11) is 0. The molecule has 2 N–H and O–H groups in total. The second-order valence-corrected chi connectivity index (χ2v) is 3.30. The molecule has 1 atom stereocenters. The van der Waals surface area contributed by atoms with Crippen LogP contribution in [0.4, 0.5) is 0 Å². The van der Waals surface area contributed by atoms with Crippen molar-refractivity contribution < 1.29 is 0 Å². The van der Waals surface area contributed by atoms with Crippen molar-refractivity contribution in [1.82, 2.24) is 0 Å². The van der Waals surface area contributed by atoms with Gasteiger partial charge in [-0.3, -0.25) is 0 Å². The van der Waals surface area contributed by atoms with Crippen LogP contribution >= 0.6 is 24.2 Å². The van der Waals surface area contributed by atoms with Crippen LogP contribution in [0.15, 0.2) is 24.3 Å². The highest BCUT2D eigenvalue weighted by molar-refractivity contribution is 7.80. The second-order valence-electron chi connectivity index (χ2n) is 2.27. The molecule has 0 saturated heterocycles. The summed E-state index contributed by atoms with van der Waals surface area (Å²) in [6, 6.07) is 7.60. The molecule has 0 aliphatic heterocycles. The minimum absolute atomic E-state index is 0.0451. The Morgan fingerprint density at radius 3 is 2.64 bits per heavy atom. The zero-order valence-corrected chi connectivity index (χ0v) is 7.65. The Hall–Kier alpha value is -0.180. The number of nitrogens with two attached hydrogens (primary N) is 1. The molecule has 1 rings (SSSR count). The SMILES string of the molecule is NCC(S)c1ccccc1Cl. The summed E-state index contributed by atoms with van der Waals surface area (Å²) in [5.74, 6) is 0. The lowest BCUT2D eigenvalue weighted by Crippen LogP contribution is -2.06. The number of thiol groups is 1. The minimum atomic E-state index is 0.0451. The van der Waals surface area contributed by atoms with Crippen LogP contribution in [0.5, 0.6) is 0 Å². The maximum Gasteiger partial charge on any atom is 0.0449 e. The monoisotopic (exact) mass is 187 g/mol. The summed E-state index contributed by atoms with van der Waals surface area (Å²) < 4.78 is 0. The Kier molecular flexibility index (Phi) is 3.24. The lowest BCUT2D eigenvalue weighted by Gasteiger charge is -2.08. The summed E-state index contributed by atoms with van der Waals surface area (Å²) in [6.07, 6.45) is 0. The largest absolute Gasteiger partial charge is 0.329 e. The first kappa shape index (κ1) is 8.91. The van der Waals surface area contributed by atoms with E-state index in [0.717, 1.165) is 10.6 Å². The van der Waals surface area contributed by atoms with Crippen molar-refractivity contribution in [2.45, 2.75) is 5.25 Å². The normalized spacial score (nSPS) is 13.0. The maximum absolute atomic E-state index is 5.89. The van der Waals surface area contributed by atoms with E-state index in [1.807, 2.05) is 24.3 Å². The number of rotatable bonds is 2. The van der Waals surface area contributed by atoms with Gasteiger partial charge in [0.1, 0.15) is 0 Å². The molecule has 0 aliphatic rings. The summed E-state index contributed by atoms with van der Waals surface area (Å²) in [6.45, 7) is 0.507. The molecule has 3 heteroatoms. The van der Waals surface area contributed by atoms with Crippen LogP contribution in [-0.4, -0.2) is 6.54 Å². The van der Waals surface area contributed by atoms with Crippen molar-refractivity contribution in [2.75, 3.05) is 6.54 Å². The van der Waals surface area contributed by atoms with Gasteiger partial charge in [0.05, 0.1) is 0 Å². The highest BCUT2D eigenvalue weighted by atomic mass is 35.5. The molecule has 11 heavy (non-hydrogen) atoms. The van der Waals surface area contributed by atoms with Gasteiger partial charge in [-0.2, -0.15) is 12.6 Å². The Morgan fingerprint density at radius 1 is 1.45 bits per heavy atom. The lowest BCUT2D eigenvalue weighted by molar-refractivity contribution is 0.950. The highest BCUT2D eigenvalue weighted by Gasteiger charge is 2.06. The van der Waals surface area contributed by atoms with E-state index in [4.69, 9.17) is 17.3 Å². The van der Waals surface area contributed by atoms with Crippen molar-refractivity contribution in [2.24, 2.45) is 5.73 Å². The van der Waals surface area contributed by atoms with E-state index in [1.54, 1.807) is 0 Å². The molecule has 1 nitrogen and oxygen atoms in total. The third-order valence-corrected chi connectivity index (χ3v) is 2.32. The van der Waals surface area contributed by atoms with E-state index < -0.39 is 0 Å². The number of hydrogen-bond donors (Lipinski definition) is 2. The Bertz CT molecular complexity index is 239. The first-order valence-corrected chi connectivity index (χ1v) is 4.27. The Labute approximate surface area is 77.0 Å². The van der Waals surface area contributed by atoms with Gasteiger partial charge < -0.3 is 5.73 Å². The van der Waals surface area contributed by atoms with Gasteiger partial charge in [-0.15, -0.1) is 0 Å². The molecule has 0 fully saturated rings. The molecule has 0 aromatic heterocycles. The third kappa shape index (κ3) is 2.12. The summed E-state index contributed by atoms with van der Waals surface area (Å²) in [5, 5.41) is 0.779. The van der Waals surface area contributed by atoms with Gasteiger partial charge in [-0.1, -0.05) is 29.8 Å². The van der Waals surface area contributed by atoms with E-state index >= 15 is 0 Å². The second kappa shape index (κ2) is 4.00. The summed E-state index contributed by atoms with van der Waals surface area (Å²) in [5.41, 5.74) is 6.44. The van der Waals surface area contributed by atoms with Crippen LogP contribution < -0.4 is 5.73 Å². The van der Waals surface area contributed by atoms with Crippen molar-refractivity contribution >= 4 is 24.2 Å². The molecule has 1 aromatic carbocycles. The average Bonchev–Trinajstić information content (AvgIpc) is 2.04. The van der Waals surface area contributed by atoms with Crippen LogP contribution in [0.3, 0.4) is 0 Å². The van der Waals surface area contributed by atoms with Crippen LogP contribution in [0.25, 0.3) is 0 Å². The van der Waals surface area contributed by atoms with Crippen LogP contribution in [0.1, 0.15) is 10.8 Å². The first-order chi connectivity index (χ1) is 5.25. The first-order valence-electron chi connectivity index (χ1n) is 3.38. The molecular formula is C8H10ClNS. The molecule has 0 spiro atoms. The summed E-state index contributed by atoms with van der Waals surface area (Å²) >= 11 is 10.2. The van der Waals surface area contributed by atoms with E-state index in [9.17, 15) is 0 Å². The van der Waals surface area contributed by atoms with Gasteiger partial charge in [0, 0.05) is 16.8 Å². The number of benzene rings is 1. The van der Waals surface area contributed by atoms with E-state index in [1.165, 1.54) is 0 Å². The highest BCUT2D eigenvalue weighted by Crippen LogP contribution is 2.25. The average molecular weight is 188 g/mol. The van der Waals surface area contributed by atoms with Gasteiger partial charge >= 0.3 is 0 Å². The summed E-state index contributed by atoms with van der Waals surface area (Å²) in [4.78, 5) is 0. The predicted octanol–water partition coefficient (Wildman–Crippen LogP) is 2.27. The zero-order chi connectivity index (χ0) is 8.27. The van der Waals surface area contributed by atoms with Gasteiger partial charge in [-0.05, 0) is 11.6 Å². The molecule has 1 aromatic rings. The van der Waals surface area contributed by atoms with Crippen LogP contribution in [-0.2, 0) is 0 Å². The maximum atomic E-state index is 5.89. The fourth-order valence-corrected chi connectivity index (χ4v) is 1.44. The molecule has 1 unspecified atom stereocenters. The molecule has 0 heterocycles. The smallest absolute Gasteiger partial charge is 0.0449 e. The Balaban J connectivity index is 2.93. The van der Waals surface area contributed by atoms with Crippen LogP contribution in [0, 0.1) is 0 Å². The molecular weight excluding hydrogens is 178 g/mol. The minimum Gasteiger partial charge on any atom is -0.329 e. The zero-order valence-electron chi connectivity index (χ0n) is 6.00. The van der Waals surface area contributed by atoms with Crippen molar-refractivity contribution in [3.05, 3.63) is 34.9 Å². The Morgan fingerprint density at radius 2 is 2.09 bits per heavy atom. The quantitative estimate of drug-likeness (QED) is 0.683. The third-order valence-electron chi connectivity index (χ3n) is 1.49. The molecule has 0 saturated carbocycles. The van der Waals surface area contributed by atoms with Crippen LogP contribution in [0.2, 0.25) is 5.02 Å². The van der Waals surface area contributed by atoms with Gasteiger partial charge in [0.25, 0.3) is 0 Å². The fourth-order valence-electron chi connectivity index (χ4n) is 0.872. The number of halogens is 1. The van der Waals surface area contributed by atoms with Gasteiger partial charge in [-0.25, -0.2) is 0 Å². The molecule has 0 aliphatic carbocycles. The van der Waals surface area contributed by atoms with Gasteiger partial charge in [0.15, 0.2) is 0 Å². The van der Waals surface area contributed by atoms with Crippen molar-refractivity contribution in [1.29, 1.82) is 0 Å². The van der Waals surface area contributed by atoms with Crippen molar-refractivity contribution in [3.8, 4) is 0 Å². The van der Waals surface area contributed by atoms with E-state index in [0.29, 0.717) is 6.54 Å². The van der Waals surface area contributed by atoms with Crippen molar-refractivity contribution in [3.63, 3.8) is 0 Å².